The lowest BCUT2D eigenvalue weighted by Crippen LogP contribution is -2.31. The van der Waals surface area contributed by atoms with Crippen LogP contribution in [0.15, 0.2) is 41.0 Å². The third-order valence-corrected chi connectivity index (χ3v) is 5.09. The first-order chi connectivity index (χ1) is 14.0. The number of carbonyl (C=O) groups excluding carboxylic acids is 2. The Morgan fingerprint density at radius 2 is 1.93 bits per heavy atom. The molecule has 0 saturated heterocycles. The highest BCUT2D eigenvalue weighted by Gasteiger charge is 2.35. The number of hydrogen-bond acceptors (Lipinski definition) is 5. The zero-order chi connectivity index (χ0) is 20.8. The highest BCUT2D eigenvalue weighted by Crippen LogP contribution is 2.30. The van der Waals surface area contributed by atoms with Crippen molar-refractivity contribution in [2.75, 3.05) is 11.9 Å². The molecule has 29 heavy (non-hydrogen) atoms. The maximum Gasteiger partial charge on any atom is 0.305 e. The van der Waals surface area contributed by atoms with E-state index in [-0.39, 0.29) is 19.0 Å². The summed E-state index contributed by atoms with van der Waals surface area (Å²) in [5.74, 6) is -1.12. The molecule has 1 atom stereocenters. The Morgan fingerprint density at radius 1 is 1.14 bits per heavy atom. The van der Waals surface area contributed by atoms with Crippen LogP contribution in [0.25, 0.3) is 0 Å². The number of carboxylic acids is 1. The molecule has 0 spiro atoms. The fourth-order valence-electron chi connectivity index (χ4n) is 3.54. The van der Waals surface area contributed by atoms with Crippen LogP contribution >= 0.6 is 0 Å². The van der Waals surface area contributed by atoms with Gasteiger partial charge in [0.25, 0.3) is 11.8 Å². The fourth-order valence-corrected chi connectivity index (χ4v) is 3.54. The maximum absolute atomic E-state index is 12.6. The van der Waals surface area contributed by atoms with Crippen LogP contribution in [0.1, 0.15) is 78.0 Å². The van der Waals surface area contributed by atoms with E-state index < -0.39 is 17.8 Å². The molecule has 2 aromatic rings. The summed E-state index contributed by atoms with van der Waals surface area (Å²) in [5, 5.41) is 12.3. The molecule has 154 valence electrons. The van der Waals surface area contributed by atoms with E-state index in [1.807, 2.05) is 12.1 Å². The van der Waals surface area contributed by atoms with Crippen molar-refractivity contribution >= 4 is 23.5 Å². The summed E-state index contributed by atoms with van der Waals surface area (Å²) in [6.07, 6.45) is 6.81. The van der Waals surface area contributed by atoms with Gasteiger partial charge in [0.2, 0.25) is 0 Å². The number of fused-ring (bicyclic) bond motifs is 1. The number of carbonyl (C=O) groups is 3. The van der Waals surface area contributed by atoms with Crippen LogP contribution in [0.4, 0.5) is 5.69 Å². The molecule has 3 rings (SSSR count). The van der Waals surface area contributed by atoms with E-state index in [2.05, 4.69) is 12.2 Å². The maximum atomic E-state index is 12.6. The predicted octanol–water partition coefficient (Wildman–Crippen LogP) is 4.47. The lowest BCUT2D eigenvalue weighted by atomic mass is 10.0. The summed E-state index contributed by atoms with van der Waals surface area (Å²) in [6, 6.07) is 8.80. The van der Waals surface area contributed by atoms with Gasteiger partial charge in [-0.05, 0) is 36.8 Å². The lowest BCUT2D eigenvalue weighted by Gasteiger charge is -2.18. The van der Waals surface area contributed by atoms with Crippen LogP contribution in [0, 0.1) is 0 Å². The Labute approximate surface area is 169 Å². The summed E-state index contributed by atoms with van der Waals surface area (Å²) in [5.41, 5.74) is 1.33. The van der Waals surface area contributed by atoms with Crippen LogP contribution < -0.4 is 5.32 Å². The number of anilines is 1. The molecule has 0 bridgehead atoms. The minimum Gasteiger partial charge on any atom is -0.481 e. The number of nitrogens with one attached hydrogen (secondary N) is 1. The molecule has 2 amide bonds. The van der Waals surface area contributed by atoms with Crippen molar-refractivity contribution in [1.29, 1.82) is 0 Å². The van der Waals surface area contributed by atoms with E-state index in [1.54, 1.807) is 24.5 Å². The van der Waals surface area contributed by atoms with E-state index >= 15 is 0 Å². The Hall–Kier alpha value is -3.09. The minimum atomic E-state index is -1.05. The number of hydrogen-bond donors (Lipinski definition) is 2. The molecule has 7 heteroatoms. The second-order valence-corrected chi connectivity index (χ2v) is 7.23. The zero-order valence-electron chi connectivity index (χ0n) is 16.5. The predicted molar refractivity (Wildman–Crippen MR) is 108 cm³/mol. The molecular weight excluding hydrogens is 372 g/mol. The smallest absolute Gasteiger partial charge is 0.305 e. The molecule has 0 aliphatic carbocycles. The minimum absolute atomic E-state index is 0.0322. The van der Waals surface area contributed by atoms with E-state index in [4.69, 9.17) is 9.52 Å². The Kier molecular flexibility index (Phi) is 6.69. The van der Waals surface area contributed by atoms with Gasteiger partial charge in [0.1, 0.15) is 5.76 Å². The number of unbranched alkanes of at least 4 members (excludes halogenated alkanes) is 3. The van der Waals surface area contributed by atoms with Gasteiger partial charge in [-0.3, -0.25) is 19.3 Å². The van der Waals surface area contributed by atoms with Crippen molar-refractivity contribution in [3.63, 3.8) is 0 Å². The first kappa shape index (κ1) is 20.6. The van der Waals surface area contributed by atoms with Gasteiger partial charge in [-0.2, -0.15) is 0 Å². The largest absolute Gasteiger partial charge is 0.481 e. The highest BCUT2D eigenvalue weighted by atomic mass is 16.4. The van der Waals surface area contributed by atoms with E-state index in [9.17, 15) is 14.4 Å². The van der Waals surface area contributed by atoms with Crippen molar-refractivity contribution in [3.8, 4) is 0 Å². The molecule has 1 aromatic heterocycles. The van der Waals surface area contributed by atoms with Crippen LogP contribution in [0.3, 0.4) is 0 Å². The molecule has 1 unspecified atom stereocenters. The fraction of sp³-hybridized carbons (Fsp3) is 0.409. The Morgan fingerprint density at radius 3 is 2.62 bits per heavy atom. The van der Waals surface area contributed by atoms with Gasteiger partial charge in [-0.15, -0.1) is 0 Å². The average Bonchev–Trinajstić information content (AvgIpc) is 3.31. The number of furan rings is 1. The third kappa shape index (κ3) is 4.85. The number of nitrogens with zero attached hydrogens (tertiary/aromatic N) is 1. The summed E-state index contributed by atoms with van der Waals surface area (Å²) < 4.78 is 5.58. The highest BCUT2D eigenvalue weighted by molar-refractivity contribution is 6.21. The molecule has 7 nitrogen and oxygen atoms in total. The number of benzene rings is 1. The first-order valence-corrected chi connectivity index (χ1v) is 10.0. The molecule has 1 aliphatic rings. The van der Waals surface area contributed by atoms with Crippen LogP contribution in [0.5, 0.6) is 0 Å². The van der Waals surface area contributed by atoms with Crippen LogP contribution in [-0.2, 0) is 4.79 Å². The number of amides is 2. The second kappa shape index (κ2) is 9.41. The monoisotopic (exact) mass is 398 g/mol. The quantitative estimate of drug-likeness (QED) is 0.428. The summed E-state index contributed by atoms with van der Waals surface area (Å²) >= 11 is 0. The van der Waals surface area contributed by atoms with E-state index in [1.165, 1.54) is 6.42 Å². The van der Waals surface area contributed by atoms with Gasteiger partial charge in [0.05, 0.1) is 29.9 Å². The van der Waals surface area contributed by atoms with Gasteiger partial charge in [-0.1, -0.05) is 32.6 Å². The van der Waals surface area contributed by atoms with Crippen molar-refractivity contribution in [2.24, 2.45) is 0 Å². The molecule has 0 saturated carbocycles. The van der Waals surface area contributed by atoms with Crippen molar-refractivity contribution in [3.05, 3.63) is 53.5 Å². The van der Waals surface area contributed by atoms with Crippen molar-refractivity contribution < 1.29 is 23.9 Å². The summed E-state index contributed by atoms with van der Waals surface area (Å²) in [4.78, 5) is 36.8. The molecule has 0 fully saturated rings. The number of imide groups is 1. The normalized spacial score (nSPS) is 14.2. The second-order valence-electron chi connectivity index (χ2n) is 7.23. The van der Waals surface area contributed by atoms with Crippen LogP contribution in [0.2, 0.25) is 0 Å². The average molecular weight is 398 g/mol. The zero-order valence-corrected chi connectivity index (χ0v) is 16.5. The van der Waals surface area contributed by atoms with E-state index in [0.717, 1.165) is 42.0 Å². The third-order valence-electron chi connectivity index (χ3n) is 5.09. The topological polar surface area (TPSA) is 99.9 Å². The molecule has 0 radical (unpaired) electrons. The van der Waals surface area contributed by atoms with Crippen LogP contribution in [-0.4, -0.2) is 34.3 Å². The lowest BCUT2D eigenvalue weighted by molar-refractivity contribution is -0.137. The number of carboxylic acid groups (broad SMARTS) is 1. The van der Waals surface area contributed by atoms with E-state index in [0.29, 0.717) is 11.1 Å². The van der Waals surface area contributed by atoms with Crippen molar-refractivity contribution in [2.45, 2.75) is 51.5 Å². The van der Waals surface area contributed by atoms with Gasteiger partial charge in [-0.25, -0.2) is 0 Å². The van der Waals surface area contributed by atoms with Gasteiger partial charge >= 0.3 is 5.97 Å². The standard InChI is InChI=1S/C22H26N2O5/c1-2-3-4-5-7-18(19-8-6-13-29-19)23-15-9-10-16-17(14-15)22(28)24(21(16)27)12-11-20(25)26/h6,8-10,13-14,18,23H,2-5,7,11-12H2,1H3,(H,25,26). The molecule has 1 aromatic carbocycles. The summed E-state index contributed by atoms with van der Waals surface area (Å²) in [6.45, 7) is 2.04. The van der Waals surface area contributed by atoms with Gasteiger partial charge in [0.15, 0.2) is 0 Å². The Bertz CT molecular complexity index is 875. The SMILES string of the molecule is CCCCCCC(Nc1ccc2c(c1)C(=O)N(CCC(=O)O)C2=O)c1ccco1. The van der Waals surface area contributed by atoms with Gasteiger partial charge in [0, 0.05) is 12.2 Å². The Balaban J connectivity index is 1.74. The number of rotatable bonds is 11. The molecule has 2 heterocycles. The molecule has 2 N–H and O–H groups in total. The first-order valence-electron chi connectivity index (χ1n) is 10.0. The summed E-state index contributed by atoms with van der Waals surface area (Å²) in [7, 11) is 0. The van der Waals surface area contributed by atoms with Crippen molar-refractivity contribution in [1.82, 2.24) is 4.90 Å². The van der Waals surface area contributed by atoms with Gasteiger partial charge < -0.3 is 14.8 Å². The molecular formula is C22H26N2O5. The molecule has 1 aliphatic heterocycles. The number of aliphatic carboxylic acids is 1.